The van der Waals surface area contributed by atoms with Crippen LogP contribution in [0.15, 0.2) is 48.5 Å². The molecule has 0 aliphatic heterocycles. The highest BCUT2D eigenvalue weighted by atomic mass is 35.5. The van der Waals surface area contributed by atoms with Crippen molar-refractivity contribution in [3.05, 3.63) is 71.0 Å². The molecule has 122 valence electrons. The molecule has 2 aromatic carbocycles. The zero-order valence-corrected chi connectivity index (χ0v) is 13.5. The Morgan fingerprint density at radius 2 is 1.70 bits per heavy atom. The van der Waals surface area contributed by atoms with E-state index in [1.165, 1.54) is 12.1 Å². The Morgan fingerprint density at radius 1 is 1.09 bits per heavy atom. The number of benzene rings is 2. The Hall–Kier alpha value is -1.91. The molecule has 1 aliphatic rings. The lowest BCUT2D eigenvalue weighted by Crippen LogP contribution is -2.32. The summed E-state index contributed by atoms with van der Waals surface area (Å²) in [6, 6.07) is 13.9. The molecule has 3 rings (SSSR count). The Labute approximate surface area is 141 Å². The topological polar surface area (TPSA) is 55.1 Å². The zero-order valence-electron chi connectivity index (χ0n) is 12.7. The van der Waals surface area contributed by atoms with E-state index in [0.29, 0.717) is 18.7 Å². The van der Waals surface area contributed by atoms with Crippen molar-refractivity contribution in [2.24, 2.45) is 5.73 Å². The largest absolute Gasteiger partial charge is 0.351 e. The minimum atomic E-state index is -0.233. The van der Waals surface area contributed by atoms with Crippen LogP contribution in [0.3, 0.4) is 0 Å². The summed E-state index contributed by atoms with van der Waals surface area (Å²) in [4.78, 5) is 12.2. The molecule has 23 heavy (non-hydrogen) atoms. The molecule has 0 spiro atoms. The van der Waals surface area contributed by atoms with Crippen LogP contribution in [0.1, 0.15) is 34.3 Å². The smallest absolute Gasteiger partial charge is 0.251 e. The Kier molecular flexibility index (Phi) is 5.39. The highest BCUT2D eigenvalue weighted by Gasteiger charge is 2.44. The van der Waals surface area contributed by atoms with E-state index in [-0.39, 0.29) is 29.5 Å². The molecule has 1 fully saturated rings. The fourth-order valence-corrected chi connectivity index (χ4v) is 2.67. The van der Waals surface area contributed by atoms with E-state index >= 15 is 0 Å². The summed E-state index contributed by atoms with van der Waals surface area (Å²) < 4.78 is 13.0. The minimum absolute atomic E-state index is 0. The lowest BCUT2D eigenvalue weighted by Gasteiger charge is -2.16. The predicted octanol–water partition coefficient (Wildman–Crippen LogP) is 3.17. The molecule has 0 atom stereocenters. The molecule has 3 nitrogen and oxygen atoms in total. The Balaban J connectivity index is 0.00000192. The fourth-order valence-electron chi connectivity index (χ4n) is 2.67. The first-order valence-electron chi connectivity index (χ1n) is 7.46. The number of amides is 1. The van der Waals surface area contributed by atoms with Crippen molar-refractivity contribution in [1.29, 1.82) is 0 Å². The standard InChI is InChI=1S/C18H19FN2O.ClH/c19-16-7-5-15(6-8-16)18(9-10-18)12-21-17(22)14-3-1-13(11-20)2-4-14;/h1-8H,9-12,20H2,(H,21,22);1H. The predicted molar refractivity (Wildman–Crippen MR) is 91.2 cm³/mol. The first-order chi connectivity index (χ1) is 10.6. The summed E-state index contributed by atoms with van der Waals surface area (Å²) in [5.41, 5.74) is 8.24. The van der Waals surface area contributed by atoms with Gasteiger partial charge in [-0.2, -0.15) is 0 Å². The van der Waals surface area contributed by atoms with E-state index in [1.807, 2.05) is 24.3 Å². The van der Waals surface area contributed by atoms with Gasteiger partial charge in [0.15, 0.2) is 0 Å². The normalized spacial score (nSPS) is 14.7. The van der Waals surface area contributed by atoms with E-state index in [4.69, 9.17) is 5.73 Å². The summed E-state index contributed by atoms with van der Waals surface area (Å²) in [7, 11) is 0. The van der Waals surface area contributed by atoms with Crippen LogP contribution >= 0.6 is 12.4 Å². The molecular weight excluding hydrogens is 315 g/mol. The number of carbonyl (C=O) groups is 1. The second-order valence-electron chi connectivity index (χ2n) is 5.87. The van der Waals surface area contributed by atoms with Crippen molar-refractivity contribution in [2.75, 3.05) is 6.54 Å². The summed E-state index contributed by atoms with van der Waals surface area (Å²) in [6.07, 6.45) is 2.04. The molecule has 1 amide bonds. The molecular formula is C18H20ClFN2O. The van der Waals surface area contributed by atoms with Crippen LogP contribution in [0.25, 0.3) is 0 Å². The van der Waals surface area contributed by atoms with Crippen LogP contribution in [0.4, 0.5) is 4.39 Å². The van der Waals surface area contributed by atoms with E-state index < -0.39 is 0 Å². The molecule has 0 radical (unpaired) electrons. The minimum Gasteiger partial charge on any atom is -0.351 e. The van der Waals surface area contributed by atoms with Crippen molar-refractivity contribution in [3.8, 4) is 0 Å². The lowest BCUT2D eigenvalue weighted by molar-refractivity contribution is 0.0949. The van der Waals surface area contributed by atoms with Crippen LogP contribution in [-0.2, 0) is 12.0 Å². The third-order valence-corrected chi connectivity index (χ3v) is 4.35. The number of hydrogen-bond acceptors (Lipinski definition) is 2. The molecule has 3 N–H and O–H groups in total. The SMILES string of the molecule is Cl.NCc1ccc(C(=O)NCC2(c3ccc(F)cc3)CC2)cc1. The number of halogens is 2. The average molecular weight is 335 g/mol. The second-order valence-corrected chi connectivity index (χ2v) is 5.87. The molecule has 1 saturated carbocycles. The Bertz CT molecular complexity index is 666. The van der Waals surface area contributed by atoms with Crippen molar-refractivity contribution < 1.29 is 9.18 Å². The van der Waals surface area contributed by atoms with Crippen molar-refractivity contribution >= 4 is 18.3 Å². The first kappa shape index (κ1) is 17.4. The monoisotopic (exact) mass is 334 g/mol. The molecule has 5 heteroatoms. The van der Waals surface area contributed by atoms with Crippen LogP contribution in [-0.4, -0.2) is 12.5 Å². The van der Waals surface area contributed by atoms with Gasteiger partial charge in [0.05, 0.1) is 0 Å². The summed E-state index contributed by atoms with van der Waals surface area (Å²) in [6.45, 7) is 1.05. The van der Waals surface area contributed by atoms with Gasteiger partial charge in [0.25, 0.3) is 5.91 Å². The second kappa shape index (κ2) is 7.11. The number of rotatable bonds is 5. The third-order valence-electron chi connectivity index (χ3n) is 4.35. The van der Waals surface area contributed by atoms with Crippen molar-refractivity contribution in [1.82, 2.24) is 5.32 Å². The van der Waals surface area contributed by atoms with Crippen LogP contribution in [0.5, 0.6) is 0 Å². The van der Waals surface area contributed by atoms with Gasteiger partial charge in [-0.1, -0.05) is 24.3 Å². The maximum Gasteiger partial charge on any atom is 0.251 e. The molecule has 0 unspecified atom stereocenters. The quantitative estimate of drug-likeness (QED) is 0.882. The third kappa shape index (κ3) is 3.89. The van der Waals surface area contributed by atoms with Gasteiger partial charge in [-0.05, 0) is 48.2 Å². The lowest BCUT2D eigenvalue weighted by atomic mass is 9.96. The number of hydrogen-bond donors (Lipinski definition) is 2. The molecule has 1 aliphatic carbocycles. The summed E-state index contributed by atoms with van der Waals surface area (Å²) in [5, 5.41) is 2.99. The maximum absolute atomic E-state index is 13.0. The molecule has 2 aromatic rings. The van der Waals surface area contributed by atoms with Gasteiger partial charge in [-0.25, -0.2) is 4.39 Å². The van der Waals surface area contributed by atoms with Crippen molar-refractivity contribution in [2.45, 2.75) is 24.8 Å². The van der Waals surface area contributed by atoms with Gasteiger partial charge < -0.3 is 11.1 Å². The van der Waals surface area contributed by atoms with Gasteiger partial charge in [0.2, 0.25) is 0 Å². The molecule has 0 saturated heterocycles. The molecule has 0 aromatic heterocycles. The summed E-state index contributed by atoms with van der Waals surface area (Å²) in [5.74, 6) is -0.319. The van der Waals surface area contributed by atoms with E-state index in [2.05, 4.69) is 5.32 Å². The highest BCUT2D eigenvalue weighted by molar-refractivity contribution is 5.94. The number of carbonyl (C=O) groups excluding carboxylic acids is 1. The van der Waals surface area contributed by atoms with Gasteiger partial charge >= 0.3 is 0 Å². The fraction of sp³-hybridized carbons (Fsp3) is 0.278. The summed E-state index contributed by atoms with van der Waals surface area (Å²) >= 11 is 0. The number of nitrogens with one attached hydrogen (secondary N) is 1. The van der Waals surface area contributed by atoms with E-state index in [1.54, 1.807) is 12.1 Å². The van der Waals surface area contributed by atoms with Crippen LogP contribution < -0.4 is 11.1 Å². The van der Waals surface area contributed by atoms with Gasteiger partial charge in [-0.3, -0.25) is 4.79 Å². The van der Waals surface area contributed by atoms with Gasteiger partial charge in [0.1, 0.15) is 5.82 Å². The van der Waals surface area contributed by atoms with E-state index in [0.717, 1.165) is 24.0 Å². The molecule has 0 bridgehead atoms. The molecule has 0 heterocycles. The maximum atomic E-state index is 13.0. The van der Waals surface area contributed by atoms with Crippen molar-refractivity contribution in [3.63, 3.8) is 0 Å². The number of nitrogens with two attached hydrogens (primary N) is 1. The average Bonchev–Trinajstić information content (AvgIpc) is 3.34. The Morgan fingerprint density at radius 3 is 2.22 bits per heavy atom. The zero-order chi connectivity index (χ0) is 15.6. The van der Waals surface area contributed by atoms with Crippen LogP contribution in [0, 0.1) is 5.82 Å². The highest BCUT2D eigenvalue weighted by Crippen LogP contribution is 2.47. The van der Waals surface area contributed by atoms with Crippen LogP contribution in [0.2, 0.25) is 0 Å². The van der Waals surface area contributed by atoms with Gasteiger partial charge in [0, 0.05) is 24.1 Å². The van der Waals surface area contributed by atoms with Gasteiger partial charge in [-0.15, -0.1) is 12.4 Å². The van der Waals surface area contributed by atoms with E-state index in [9.17, 15) is 9.18 Å². The first-order valence-corrected chi connectivity index (χ1v) is 7.46.